The summed E-state index contributed by atoms with van der Waals surface area (Å²) in [6.07, 6.45) is 0. The van der Waals surface area contributed by atoms with Gasteiger partial charge in [-0.2, -0.15) is 0 Å². The van der Waals surface area contributed by atoms with Crippen LogP contribution in [-0.4, -0.2) is 35.5 Å². The SMILES string of the molecule is Cc1cc(NC(=O)CN(C)C(=O)c2ccc(C)o2)no1. The molecule has 0 aliphatic heterocycles. The minimum absolute atomic E-state index is 0.107. The Kier molecular flexibility index (Phi) is 3.88. The molecular weight excluding hydrogens is 262 g/mol. The third-order valence-electron chi connectivity index (χ3n) is 2.57. The number of nitrogens with one attached hydrogen (secondary N) is 1. The molecule has 0 unspecified atom stereocenters. The Morgan fingerprint density at radius 2 is 2.05 bits per heavy atom. The number of furan rings is 1. The van der Waals surface area contributed by atoms with Crippen LogP contribution in [0.4, 0.5) is 5.82 Å². The van der Waals surface area contributed by atoms with Gasteiger partial charge in [0, 0.05) is 13.1 Å². The summed E-state index contributed by atoms with van der Waals surface area (Å²) in [6, 6.07) is 4.86. The molecule has 106 valence electrons. The Bertz CT molecular complexity index is 629. The molecule has 0 aliphatic carbocycles. The van der Waals surface area contributed by atoms with Gasteiger partial charge in [-0.1, -0.05) is 5.16 Å². The van der Waals surface area contributed by atoms with E-state index in [2.05, 4.69) is 10.5 Å². The number of hydrogen-bond acceptors (Lipinski definition) is 5. The lowest BCUT2D eigenvalue weighted by atomic mass is 10.3. The molecule has 1 N–H and O–H groups in total. The van der Waals surface area contributed by atoms with Gasteiger partial charge in [-0.25, -0.2) is 0 Å². The van der Waals surface area contributed by atoms with Gasteiger partial charge in [0.05, 0.1) is 0 Å². The van der Waals surface area contributed by atoms with Gasteiger partial charge in [0.1, 0.15) is 18.1 Å². The maximum atomic E-state index is 12.0. The Balaban J connectivity index is 1.92. The van der Waals surface area contributed by atoms with Crippen molar-refractivity contribution in [1.82, 2.24) is 10.1 Å². The molecule has 0 saturated heterocycles. The van der Waals surface area contributed by atoms with Crippen LogP contribution in [0, 0.1) is 13.8 Å². The van der Waals surface area contributed by atoms with Crippen LogP contribution in [0.3, 0.4) is 0 Å². The zero-order valence-corrected chi connectivity index (χ0v) is 11.5. The summed E-state index contributed by atoms with van der Waals surface area (Å²) < 4.78 is 10.0. The molecule has 0 spiro atoms. The molecule has 0 aliphatic rings. The number of aromatic nitrogens is 1. The van der Waals surface area contributed by atoms with E-state index < -0.39 is 0 Å². The van der Waals surface area contributed by atoms with Crippen molar-refractivity contribution in [2.75, 3.05) is 18.9 Å². The Hall–Kier alpha value is -2.57. The summed E-state index contributed by atoms with van der Waals surface area (Å²) in [6.45, 7) is 3.36. The summed E-state index contributed by atoms with van der Waals surface area (Å²) in [5.41, 5.74) is 0. The predicted molar refractivity (Wildman–Crippen MR) is 70.3 cm³/mol. The standard InChI is InChI=1S/C13H15N3O4/c1-8-4-5-10(19-8)13(18)16(3)7-12(17)14-11-6-9(2)20-15-11/h4-6H,7H2,1-3H3,(H,14,15,17). The highest BCUT2D eigenvalue weighted by Crippen LogP contribution is 2.10. The second-order valence-corrected chi connectivity index (χ2v) is 4.44. The summed E-state index contributed by atoms with van der Waals surface area (Å²) in [4.78, 5) is 25.0. The average molecular weight is 277 g/mol. The van der Waals surface area contributed by atoms with Gasteiger partial charge < -0.3 is 19.2 Å². The van der Waals surface area contributed by atoms with Gasteiger partial charge in [-0.15, -0.1) is 0 Å². The summed E-state index contributed by atoms with van der Waals surface area (Å²) in [7, 11) is 1.52. The minimum atomic E-state index is -0.363. The van der Waals surface area contributed by atoms with Crippen LogP contribution >= 0.6 is 0 Å². The number of rotatable bonds is 4. The highest BCUT2D eigenvalue weighted by atomic mass is 16.5. The quantitative estimate of drug-likeness (QED) is 0.916. The van der Waals surface area contributed by atoms with Crippen LogP contribution in [0.15, 0.2) is 27.1 Å². The van der Waals surface area contributed by atoms with Crippen molar-refractivity contribution >= 4 is 17.6 Å². The molecule has 7 nitrogen and oxygen atoms in total. The zero-order chi connectivity index (χ0) is 14.7. The first kappa shape index (κ1) is 13.9. The number of carbonyl (C=O) groups is 2. The lowest BCUT2D eigenvalue weighted by Crippen LogP contribution is -2.34. The van der Waals surface area contributed by atoms with Crippen molar-refractivity contribution in [2.24, 2.45) is 0 Å². The third kappa shape index (κ3) is 3.25. The van der Waals surface area contributed by atoms with Gasteiger partial charge in [0.25, 0.3) is 5.91 Å². The number of likely N-dealkylation sites (N-methyl/N-ethyl adjacent to an activating group) is 1. The molecule has 0 aromatic carbocycles. The van der Waals surface area contributed by atoms with Crippen molar-refractivity contribution in [3.8, 4) is 0 Å². The van der Waals surface area contributed by atoms with Gasteiger partial charge in [0.15, 0.2) is 11.6 Å². The lowest BCUT2D eigenvalue weighted by molar-refractivity contribution is -0.116. The van der Waals surface area contributed by atoms with Crippen molar-refractivity contribution in [3.63, 3.8) is 0 Å². The van der Waals surface area contributed by atoms with Crippen LogP contribution in [0.5, 0.6) is 0 Å². The van der Waals surface area contributed by atoms with E-state index >= 15 is 0 Å². The van der Waals surface area contributed by atoms with Crippen LogP contribution in [0.2, 0.25) is 0 Å². The first-order valence-electron chi connectivity index (χ1n) is 6.01. The molecule has 0 radical (unpaired) electrons. The normalized spacial score (nSPS) is 10.3. The van der Waals surface area contributed by atoms with Crippen molar-refractivity contribution in [1.29, 1.82) is 0 Å². The number of aryl methyl sites for hydroxylation is 2. The third-order valence-corrected chi connectivity index (χ3v) is 2.57. The molecule has 20 heavy (non-hydrogen) atoms. The highest BCUT2D eigenvalue weighted by Gasteiger charge is 2.18. The zero-order valence-electron chi connectivity index (χ0n) is 11.5. The van der Waals surface area contributed by atoms with Gasteiger partial charge in [-0.3, -0.25) is 9.59 Å². The Morgan fingerprint density at radius 1 is 1.30 bits per heavy atom. The molecule has 2 amide bonds. The summed E-state index contributed by atoms with van der Waals surface area (Å²) in [5, 5.41) is 6.18. The van der Waals surface area contributed by atoms with E-state index in [1.165, 1.54) is 11.9 Å². The molecule has 2 rings (SSSR count). The molecule has 0 bridgehead atoms. The number of hydrogen-bond donors (Lipinski definition) is 1. The molecule has 2 heterocycles. The fourth-order valence-corrected chi connectivity index (χ4v) is 1.63. The average Bonchev–Trinajstić information content (AvgIpc) is 2.97. The molecule has 7 heteroatoms. The maximum Gasteiger partial charge on any atom is 0.289 e. The van der Waals surface area contributed by atoms with Gasteiger partial charge in [0.2, 0.25) is 5.91 Å². The van der Waals surface area contributed by atoms with E-state index in [1.54, 1.807) is 32.0 Å². The molecule has 0 fully saturated rings. The van der Waals surface area contributed by atoms with Crippen LogP contribution in [-0.2, 0) is 4.79 Å². The maximum absolute atomic E-state index is 12.0. The van der Waals surface area contributed by atoms with Gasteiger partial charge >= 0.3 is 0 Å². The molecular formula is C13H15N3O4. The smallest absolute Gasteiger partial charge is 0.289 e. The number of amides is 2. The first-order valence-corrected chi connectivity index (χ1v) is 6.01. The number of carbonyl (C=O) groups excluding carboxylic acids is 2. The largest absolute Gasteiger partial charge is 0.456 e. The van der Waals surface area contributed by atoms with Crippen LogP contribution < -0.4 is 5.32 Å². The summed E-state index contributed by atoms with van der Waals surface area (Å²) in [5.74, 6) is 1.04. The Morgan fingerprint density at radius 3 is 2.60 bits per heavy atom. The fraction of sp³-hybridized carbons (Fsp3) is 0.308. The summed E-state index contributed by atoms with van der Waals surface area (Å²) >= 11 is 0. The number of anilines is 1. The van der Waals surface area contributed by atoms with E-state index in [0.717, 1.165) is 0 Å². The van der Waals surface area contributed by atoms with Crippen molar-refractivity contribution < 1.29 is 18.5 Å². The van der Waals surface area contributed by atoms with Gasteiger partial charge in [-0.05, 0) is 26.0 Å². The first-order chi connectivity index (χ1) is 9.45. The predicted octanol–water partition coefficient (Wildman–Crippen LogP) is 1.60. The van der Waals surface area contributed by atoms with Crippen LogP contribution in [0.1, 0.15) is 22.1 Å². The highest BCUT2D eigenvalue weighted by molar-refractivity contribution is 5.97. The van der Waals surface area contributed by atoms with Crippen LogP contribution in [0.25, 0.3) is 0 Å². The fourth-order valence-electron chi connectivity index (χ4n) is 1.63. The molecule has 2 aromatic rings. The van der Waals surface area contributed by atoms with E-state index in [0.29, 0.717) is 17.3 Å². The van der Waals surface area contributed by atoms with E-state index in [4.69, 9.17) is 8.94 Å². The number of nitrogens with zero attached hydrogens (tertiary/aromatic N) is 2. The van der Waals surface area contributed by atoms with Crippen molar-refractivity contribution in [2.45, 2.75) is 13.8 Å². The monoisotopic (exact) mass is 277 g/mol. The van der Waals surface area contributed by atoms with Crippen molar-refractivity contribution in [3.05, 3.63) is 35.5 Å². The molecule has 0 saturated carbocycles. The second-order valence-electron chi connectivity index (χ2n) is 4.44. The lowest BCUT2D eigenvalue weighted by Gasteiger charge is -2.14. The minimum Gasteiger partial charge on any atom is -0.456 e. The second kappa shape index (κ2) is 5.60. The topological polar surface area (TPSA) is 88.6 Å². The van der Waals surface area contributed by atoms with E-state index in [9.17, 15) is 9.59 Å². The van der Waals surface area contributed by atoms with E-state index in [-0.39, 0.29) is 24.1 Å². The van der Waals surface area contributed by atoms with E-state index in [1.807, 2.05) is 0 Å². The molecule has 2 aromatic heterocycles. The molecule has 0 atom stereocenters. The Labute approximate surface area is 115 Å².